The molecule has 0 radical (unpaired) electrons. The summed E-state index contributed by atoms with van der Waals surface area (Å²) in [6.07, 6.45) is 2.86. The molecule has 0 bridgehead atoms. The van der Waals surface area contributed by atoms with Crippen molar-refractivity contribution in [3.8, 4) is 5.88 Å². The first-order chi connectivity index (χ1) is 5.86. The number of methoxy groups -OCH3 is 1. The zero-order valence-electron chi connectivity index (χ0n) is 8.29. The molecule has 0 aromatic carbocycles. The van der Waals surface area contributed by atoms with Crippen molar-refractivity contribution >= 4 is 0 Å². The Morgan fingerprint density at radius 1 is 1.33 bits per heavy atom. The molecule has 12 heavy (non-hydrogen) atoms. The van der Waals surface area contributed by atoms with Crippen LogP contribution in [0.5, 0.6) is 5.88 Å². The summed E-state index contributed by atoms with van der Waals surface area (Å²) in [5.74, 6) is 0.678. The van der Waals surface area contributed by atoms with Crippen molar-refractivity contribution in [3.05, 3.63) is 23.9 Å². The van der Waals surface area contributed by atoms with Crippen LogP contribution in [0.15, 0.2) is 18.3 Å². The Kier molecular flexibility index (Phi) is 6.07. The lowest BCUT2D eigenvalue weighted by atomic mass is 10.2. The second-order valence-electron chi connectivity index (χ2n) is 2.06. The fourth-order valence-corrected chi connectivity index (χ4v) is 0.741. The van der Waals surface area contributed by atoms with Crippen LogP contribution in [0, 0.1) is 0 Å². The van der Waals surface area contributed by atoms with Crippen LogP contribution in [-0.4, -0.2) is 12.1 Å². The molecule has 68 valence electrons. The van der Waals surface area contributed by atoms with Crippen molar-refractivity contribution in [2.45, 2.75) is 27.2 Å². The molecule has 1 rings (SSSR count). The van der Waals surface area contributed by atoms with Gasteiger partial charge in [-0.15, -0.1) is 0 Å². The lowest BCUT2D eigenvalue weighted by molar-refractivity contribution is 0.397. The number of aromatic nitrogens is 1. The number of hydrogen-bond donors (Lipinski definition) is 0. The third kappa shape index (κ3) is 3.37. The van der Waals surface area contributed by atoms with Gasteiger partial charge in [-0.25, -0.2) is 4.98 Å². The molecule has 0 saturated heterocycles. The molecule has 0 aliphatic heterocycles. The largest absolute Gasteiger partial charge is 0.481 e. The fraction of sp³-hybridized carbons (Fsp3) is 0.500. The number of rotatable bonds is 2. The number of nitrogens with zero attached hydrogens (tertiary/aromatic N) is 1. The quantitative estimate of drug-likeness (QED) is 0.675. The first-order valence-corrected chi connectivity index (χ1v) is 4.35. The van der Waals surface area contributed by atoms with Crippen LogP contribution in [0.1, 0.15) is 26.3 Å². The number of aryl methyl sites for hydroxylation is 1. The van der Waals surface area contributed by atoms with Crippen LogP contribution >= 0.6 is 0 Å². The lowest BCUT2D eigenvalue weighted by Gasteiger charge is -1.97. The Bertz CT molecular complexity index is 170. The Morgan fingerprint density at radius 3 is 2.33 bits per heavy atom. The summed E-state index contributed by atoms with van der Waals surface area (Å²) in [5, 5.41) is 0. The van der Waals surface area contributed by atoms with Gasteiger partial charge in [0.15, 0.2) is 0 Å². The highest BCUT2D eigenvalue weighted by Crippen LogP contribution is 2.06. The molecule has 0 N–H and O–H groups in total. The molecule has 1 heterocycles. The second-order valence-corrected chi connectivity index (χ2v) is 2.06. The van der Waals surface area contributed by atoms with Crippen molar-refractivity contribution in [3.63, 3.8) is 0 Å². The normalized spacial score (nSPS) is 8.33. The highest BCUT2D eigenvalue weighted by molar-refractivity contribution is 5.17. The van der Waals surface area contributed by atoms with E-state index in [0.717, 1.165) is 6.42 Å². The smallest absolute Gasteiger partial charge is 0.212 e. The van der Waals surface area contributed by atoms with E-state index in [0.29, 0.717) is 5.88 Å². The molecule has 0 spiro atoms. The molecule has 0 aliphatic rings. The summed E-state index contributed by atoms with van der Waals surface area (Å²) in [7, 11) is 1.62. The summed E-state index contributed by atoms with van der Waals surface area (Å²) < 4.78 is 4.90. The molecule has 0 unspecified atom stereocenters. The fourth-order valence-electron chi connectivity index (χ4n) is 0.741. The van der Waals surface area contributed by atoms with Crippen molar-refractivity contribution < 1.29 is 4.74 Å². The predicted molar refractivity (Wildman–Crippen MR) is 51.5 cm³/mol. The van der Waals surface area contributed by atoms with Gasteiger partial charge in [-0.1, -0.05) is 26.8 Å². The topological polar surface area (TPSA) is 22.1 Å². The monoisotopic (exact) mass is 167 g/mol. The molecule has 1 aromatic rings. The highest BCUT2D eigenvalue weighted by atomic mass is 16.5. The molecular weight excluding hydrogens is 150 g/mol. The predicted octanol–water partition coefficient (Wildman–Crippen LogP) is 2.68. The van der Waals surface area contributed by atoms with Crippen LogP contribution < -0.4 is 4.74 Å². The standard InChI is InChI=1S/C8H11NO.C2H6/c1-3-7-4-5-8(10-2)9-6-7;1-2/h4-6H,3H2,1-2H3;1-2H3. The molecule has 0 aliphatic carbocycles. The number of ether oxygens (including phenoxy) is 1. The van der Waals surface area contributed by atoms with Gasteiger partial charge in [0, 0.05) is 12.3 Å². The van der Waals surface area contributed by atoms with Crippen LogP contribution in [-0.2, 0) is 6.42 Å². The van der Waals surface area contributed by atoms with Crippen LogP contribution in [0.3, 0.4) is 0 Å². The lowest BCUT2D eigenvalue weighted by Crippen LogP contribution is -1.87. The van der Waals surface area contributed by atoms with Crippen LogP contribution in [0.4, 0.5) is 0 Å². The molecule has 1 aromatic heterocycles. The van der Waals surface area contributed by atoms with E-state index in [2.05, 4.69) is 11.9 Å². The second kappa shape index (κ2) is 6.65. The van der Waals surface area contributed by atoms with E-state index in [1.807, 2.05) is 32.2 Å². The van der Waals surface area contributed by atoms with Gasteiger partial charge < -0.3 is 4.74 Å². The summed E-state index contributed by atoms with van der Waals surface area (Å²) in [6.45, 7) is 6.10. The minimum Gasteiger partial charge on any atom is -0.481 e. The molecule has 0 atom stereocenters. The Hall–Kier alpha value is -1.05. The van der Waals surface area contributed by atoms with Gasteiger partial charge >= 0.3 is 0 Å². The van der Waals surface area contributed by atoms with Gasteiger partial charge in [-0.3, -0.25) is 0 Å². The van der Waals surface area contributed by atoms with E-state index in [9.17, 15) is 0 Å². The summed E-state index contributed by atoms with van der Waals surface area (Å²) in [5.41, 5.74) is 1.24. The molecule has 2 heteroatoms. The minimum absolute atomic E-state index is 0.678. The zero-order valence-corrected chi connectivity index (χ0v) is 8.29. The van der Waals surface area contributed by atoms with E-state index in [-0.39, 0.29) is 0 Å². The van der Waals surface area contributed by atoms with Gasteiger partial charge in [0.25, 0.3) is 0 Å². The molecule has 0 saturated carbocycles. The summed E-state index contributed by atoms with van der Waals surface area (Å²) >= 11 is 0. The zero-order chi connectivity index (χ0) is 9.40. The highest BCUT2D eigenvalue weighted by Gasteiger charge is 1.90. The first-order valence-electron chi connectivity index (χ1n) is 4.35. The third-order valence-electron chi connectivity index (χ3n) is 1.41. The Morgan fingerprint density at radius 2 is 2.00 bits per heavy atom. The van der Waals surface area contributed by atoms with Crippen molar-refractivity contribution in [2.75, 3.05) is 7.11 Å². The Balaban J connectivity index is 0.000000561. The van der Waals surface area contributed by atoms with Crippen LogP contribution in [0.25, 0.3) is 0 Å². The Labute approximate surface area is 74.6 Å². The third-order valence-corrected chi connectivity index (χ3v) is 1.41. The average Bonchev–Trinajstić information content (AvgIpc) is 2.21. The number of pyridine rings is 1. The van der Waals surface area contributed by atoms with Crippen molar-refractivity contribution in [2.24, 2.45) is 0 Å². The van der Waals surface area contributed by atoms with E-state index in [4.69, 9.17) is 4.74 Å². The summed E-state index contributed by atoms with van der Waals surface area (Å²) in [6, 6.07) is 3.89. The maximum absolute atomic E-state index is 4.90. The van der Waals surface area contributed by atoms with Crippen LogP contribution in [0.2, 0.25) is 0 Å². The van der Waals surface area contributed by atoms with E-state index < -0.39 is 0 Å². The maximum Gasteiger partial charge on any atom is 0.212 e. The van der Waals surface area contributed by atoms with Gasteiger partial charge in [0.1, 0.15) is 0 Å². The minimum atomic E-state index is 0.678. The molecule has 2 nitrogen and oxygen atoms in total. The number of hydrogen-bond acceptors (Lipinski definition) is 2. The van der Waals surface area contributed by atoms with Crippen molar-refractivity contribution in [1.82, 2.24) is 4.98 Å². The molecule has 0 fully saturated rings. The first kappa shape index (κ1) is 11.0. The summed E-state index contributed by atoms with van der Waals surface area (Å²) in [4.78, 5) is 4.05. The van der Waals surface area contributed by atoms with Gasteiger partial charge in [0.2, 0.25) is 5.88 Å². The van der Waals surface area contributed by atoms with Gasteiger partial charge in [-0.2, -0.15) is 0 Å². The SMILES string of the molecule is CC.CCc1ccc(OC)nc1. The van der Waals surface area contributed by atoms with E-state index in [1.165, 1.54) is 5.56 Å². The van der Waals surface area contributed by atoms with Crippen molar-refractivity contribution in [1.29, 1.82) is 0 Å². The average molecular weight is 167 g/mol. The maximum atomic E-state index is 4.90. The van der Waals surface area contributed by atoms with Gasteiger partial charge in [-0.05, 0) is 12.0 Å². The van der Waals surface area contributed by atoms with Gasteiger partial charge in [0.05, 0.1) is 7.11 Å². The van der Waals surface area contributed by atoms with E-state index in [1.54, 1.807) is 7.11 Å². The molecular formula is C10H17NO. The van der Waals surface area contributed by atoms with E-state index >= 15 is 0 Å². The molecule has 0 amide bonds.